The molecule has 182 valence electrons. The van der Waals surface area contributed by atoms with Crippen molar-refractivity contribution in [2.24, 2.45) is 0 Å². The summed E-state index contributed by atoms with van der Waals surface area (Å²) >= 11 is 0. The number of pyridine rings is 1. The van der Waals surface area contributed by atoms with Crippen molar-refractivity contribution in [3.63, 3.8) is 0 Å². The van der Waals surface area contributed by atoms with Gasteiger partial charge in [0.05, 0.1) is 17.3 Å². The number of aromatic nitrogens is 1. The third kappa shape index (κ3) is 11.3. The van der Waals surface area contributed by atoms with Gasteiger partial charge in [-0.1, -0.05) is 12.2 Å². The number of carbonyl (C=O) groups is 3. The molecule has 0 spiro atoms. The molecule has 0 saturated heterocycles. The molecule has 0 bridgehead atoms. The summed E-state index contributed by atoms with van der Waals surface area (Å²) in [5.74, 6) is -1.14. The normalized spacial score (nSPS) is 11.8. The zero-order valence-electron chi connectivity index (χ0n) is 19.8. The second-order valence-electron chi connectivity index (χ2n) is 8.52. The molecule has 1 aromatic heterocycles. The summed E-state index contributed by atoms with van der Waals surface area (Å²) in [5, 5.41) is 15.1. The number of ether oxygens (including phenoxy) is 1. The zero-order chi connectivity index (χ0) is 24.9. The minimum absolute atomic E-state index is 0.107. The van der Waals surface area contributed by atoms with Gasteiger partial charge in [-0.25, -0.2) is 9.59 Å². The second-order valence-corrected chi connectivity index (χ2v) is 8.52. The van der Waals surface area contributed by atoms with Crippen molar-refractivity contribution in [2.75, 3.05) is 19.6 Å². The predicted octanol–water partition coefficient (Wildman–Crippen LogP) is 3.13. The summed E-state index contributed by atoms with van der Waals surface area (Å²) in [4.78, 5) is 41.9. The predicted molar refractivity (Wildman–Crippen MR) is 127 cm³/mol. The summed E-state index contributed by atoms with van der Waals surface area (Å²) in [5.41, 5.74) is 0.105. The Morgan fingerprint density at radius 1 is 1.21 bits per heavy atom. The first-order valence-electron chi connectivity index (χ1n) is 11.0. The number of nitrogens with one attached hydrogen (secondary N) is 2. The largest absolute Gasteiger partial charge is 0.478 e. The Morgan fingerprint density at radius 2 is 1.88 bits per heavy atom. The lowest BCUT2D eigenvalue weighted by Gasteiger charge is -2.26. The fraction of sp³-hybridized carbons (Fsp3) is 0.500. The van der Waals surface area contributed by atoms with Crippen molar-refractivity contribution in [1.82, 2.24) is 20.5 Å². The van der Waals surface area contributed by atoms with Gasteiger partial charge in [-0.3, -0.25) is 9.78 Å². The molecule has 1 aromatic rings. The fourth-order valence-electron chi connectivity index (χ4n) is 3.01. The maximum Gasteiger partial charge on any atom is 0.407 e. The molecule has 1 atom stereocenters. The number of amides is 2. The van der Waals surface area contributed by atoms with E-state index in [9.17, 15) is 14.4 Å². The van der Waals surface area contributed by atoms with Crippen LogP contribution < -0.4 is 10.6 Å². The van der Waals surface area contributed by atoms with Gasteiger partial charge in [0.1, 0.15) is 5.60 Å². The van der Waals surface area contributed by atoms with Gasteiger partial charge in [-0.05, 0) is 52.2 Å². The molecule has 1 unspecified atom stereocenters. The SMILES string of the molecule is C=CCN(CC=C)C(=O)C(CCCCNC(=O)OC(C)(C)C)NCc1cc(C(=O)O)ccn1. The Morgan fingerprint density at radius 3 is 2.45 bits per heavy atom. The van der Waals surface area contributed by atoms with Crippen molar-refractivity contribution in [1.29, 1.82) is 0 Å². The Bertz CT molecular complexity index is 809. The lowest BCUT2D eigenvalue weighted by molar-refractivity contribution is -0.132. The Labute approximate surface area is 195 Å². The molecular weight excluding hydrogens is 424 g/mol. The van der Waals surface area contributed by atoms with Crippen molar-refractivity contribution in [3.8, 4) is 0 Å². The molecular formula is C24H36N4O5. The van der Waals surface area contributed by atoms with Gasteiger partial charge in [-0.15, -0.1) is 13.2 Å². The first kappa shape index (κ1) is 27.8. The van der Waals surface area contributed by atoms with E-state index in [1.807, 2.05) is 0 Å². The molecule has 9 heteroatoms. The van der Waals surface area contributed by atoms with E-state index in [4.69, 9.17) is 9.84 Å². The average molecular weight is 461 g/mol. The van der Waals surface area contributed by atoms with E-state index in [-0.39, 0.29) is 18.0 Å². The second kappa shape index (κ2) is 14.1. The molecule has 0 aliphatic rings. The van der Waals surface area contributed by atoms with Gasteiger partial charge in [0.15, 0.2) is 0 Å². The molecule has 1 heterocycles. The van der Waals surface area contributed by atoms with Crippen molar-refractivity contribution >= 4 is 18.0 Å². The van der Waals surface area contributed by atoms with Crippen molar-refractivity contribution in [3.05, 3.63) is 54.9 Å². The molecule has 9 nitrogen and oxygen atoms in total. The summed E-state index contributed by atoms with van der Waals surface area (Å²) < 4.78 is 5.21. The molecule has 0 fully saturated rings. The molecule has 1 rings (SSSR count). The van der Waals surface area contributed by atoms with E-state index in [1.54, 1.807) is 37.8 Å². The van der Waals surface area contributed by atoms with E-state index in [1.165, 1.54) is 18.3 Å². The first-order valence-corrected chi connectivity index (χ1v) is 11.0. The van der Waals surface area contributed by atoms with Crippen LogP contribution in [-0.2, 0) is 16.1 Å². The van der Waals surface area contributed by atoms with E-state index < -0.39 is 23.7 Å². The van der Waals surface area contributed by atoms with Crippen LogP contribution in [0.25, 0.3) is 0 Å². The minimum atomic E-state index is -1.04. The number of nitrogens with zero attached hydrogens (tertiary/aromatic N) is 2. The maximum atomic E-state index is 13.1. The number of carboxylic acid groups (broad SMARTS) is 1. The lowest BCUT2D eigenvalue weighted by Crippen LogP contribution is -2.46. The number of alkyl carbamates (subject to hydrolysis) is 1. The monoisotopic (exact) mass is 460 g/mol. The number of rotatable bonds is 14. The van der Waals surface area contributed by atoms with Crippen LogP contribution in [0.3, 0.4) is 0 Å². The minimum Gasteiger partial charge on any atom is -0.478 e. The van der Waals surface area contributed by atoms with Crippen LogP contribution in [0.15, 0.2) is 43.6 Å². The van der Waals surface area contributed by atoms with Crippen LogP contribution in [0.5, 0.6) is 0 Å². The van der Waals surface area contributed by atoms with Crippen molar-refractivity contribution in [2.45, 2.75) is 58.2 Å². The molecule has 3 N–H and O–H groups in total. The third-order valence-corrected chi connectivity index (χ3v) is 4.49. The summed E-state index contributed by atoms with van der Waals surface area (Å²) in [6.07, 6.45) is 6.14. The molecule has 33 heavy (non-hydrogen) atoms. The summed E-state index contributed by atoms with van der Waals surface area (Å²) in [7, 11) is 0. The number of unbranched alkanes of at least 4 members (excludes halogenated alkanes) is 1. The van der Waals surface area contributed by atoms with Crippen LogP contribution in [-0.4, -0.2) is 64.2 Å². The molecule has 0 aliphatic carbocycles. The van der Waals surface area contributed by atoms with E-state index in [2.05, 4.69) is 28.8 Å². The van der Waals surface area contributed by atoms with Gasteiger partial charge < -0.3 is 25.4 Å². The number of carbonyl (C=O) groups excluding carboxylic acids is 2. The first-order chi connectivity index (χ1) is 15.6. The summed E-state index contributed by atoms with van der Waals surface area (Å²) in [6.45, 7) is 14.3. The molecule has 0 saturated carbocycles. The van der Waals surface area contributed by atoms with Gasteiger partial charge >= 0.3 is 12.1 Å². The Kier molecular flexibility index (Phi) is 11.9. The van der Waals surface area contributed by atoms with Crippen LogP contribution in [0, 0.1) is 0 Å². The molecule has 0 aliphatic heterocycles. The Hall–Kier alpha value is -3.20. The third-order valence-electron chi connectivity index (χ3n) is 4.49. The van der Waals surface area contributed by atoms with E-state index >= 15 is 0 Å². The molecule has 0 radical (unpaired) electrons. The topological polar surface area (TPSA) is 121 Å². The smallest absolute Gasteiger partial charge is 0.407 e. The molecule has 0 aromatic carbocycles. The van der Waals surface area contributed by atoms with Gasteiger partial charge in [-0.2, -0.15) is 0 Å². The van der Waals surface area contributed by atoms with Gasteiger partial charge in [0, 0.05) is 32.4 Å². The number of hydrogen-bond acceptors (Lipinski definition) is 6. The average Bonchev–Trinajstić information content (AvgIpc) is 2.74. The van der Waals surface area contributed by atoms with Crippen LogP contribution in [0.2, 0.25) is 0 Å². The highest BCUT2D eigenvalue weighted by Gasteiger charge is 2.23. The number of hydrogen-bond donors (Lipinski definition) is 3. The standard InChI is InChI=1S/C24H36N4O5/c1-6-14-28(15-7-2)21(29)20(10-8-9-12-26-23(32)33-24(3,4)5)27-17-19-16-18(22(30)31)11-13-25-19/h6-7,11,13,16,20,27H,1-2,8-10,12,14-15,17H2,3-5H3,(H,26,32)(H,30,31). The van der Waals surface area contributed by atoms with Gasteiger partial charge in [0.25, 0.3) is 0 Å². The zero-order valence-corrected chi connectivity index (χ0v) is 19.8. The van der Waals surface area contributed by atoms with E-state index in [0.717, 1.165) is 0 Å². The summed E-state index contributed by atoms with van der Waals surface area (Å²) in [6, 6.07) is 2.39. The fourth-order valence-corrected chi connectivity index (χ4v) is 3.01. The maximum absolute atomic E-state index is 13.1. The van der Waals surface area contributed by atoms with Gasteiger partial charge in [0.2, 0.25) is 5.91 Å². The number of aromatic carboxylic acids is 1. The van der Waals surface area contributed by atoms with Crippen LogP contribution >= 0.6 is 0 Å². The highest BCUT2D eigenvalue weighted by molar-refractivity contribution is 5.87. The quantitative estimate of drug-likeness (QED) is 0.288. The van der Waals surface area contributed by atoms with E-state index in [0.29, 0.717) is 44.6 Å². The van der Waals surface area contributed by atoms with Crippen LogP contribution in [0.1, 0.15) is 56.1 Å². The number of carboxylic acids is 1. The van der Waals surface area contributed by atoms with Crippen molar-refractivity contribution < 1.29 is 24.2 Å². The highest BCUT2D eigenvalue weighted by atomic mass is 16.6. The lowest BCUT2D eigenvalue weighted by atomic mass is 10.1. The highest BCUT2D eigenvalue weighted by Crippen LogP contribution is 2.09. The van der Waals surface area contributed by atoms with Crippen LogP contribution in [0.4, 0.5) is 4.79 Å². The molecule has 2 amide bonds. The Balaban J connectivity index is 2.73.